The largest absolute Gasteiger partial charge is 1.00 e. The van der Waals surface area contributed by atoms with E-state index in [-0.39, 0.29) is 30.2 Å². The van der Waals surface area contributed by atoms with Gasteiger partial charge in [-0.05, 0) is 12.8 Å². The molecule has 0 amide bonds. The molecule has 0 unspecified atom stereocenters. The predicted molar refractivity (Wildman–Crippen MR) is 108 cm³/mol. The Kier molecular flexibility index (Phi) is 8.52. The van der Waals surface area contributed by atoms with Crippen LogP contribution in [0.5, 0.6) is 0 Å². The topological polar surface area (TPSA) is 0 Å². The van der Waals surface area contributed by atoms with Crippen LogP contribution in [0, 0.1) is 12.2 Å². The number of halogens is 2. The van der Waals surface area contributed by atoms with Gasteiger partial charge in [0.2, 0.25) is 0 Å². The predicted octanol–water partition coefficient (Wildman–Crippen LogP) is -0.513. The Balaban J connectivity index is 0.000000160. The molecule has 0 saturated heterocycles. The van der Waals surface area contributed by atoms with E-state index in [0.717, 1.165) is 12.8 Å². The van der Waals surface area contributed by atoms with Crippen LogP contribution in [0.3, 0.4) is 0 Å². The smallest absolute Gasteiger partial charge is 0.0270 e. The second kappa shape index (κ2) is 10.2. The molecular weight excluding hydrogens is 478 g/mol. The van der Waals surface area contributed by atoms with E-state index in [9.17, 15) is 0 Å². The Morgan fingerprint density at radius 2 is 1.14 bits per heavy atom. The van der Waals surface area contributed by atoms with Crippen molar-refractivity contribution in [3.05, 3.63) is 106 Å². The summed E-state index contributed by atoms with van der Waals surface area (Å²) < 4.78 is 0. The van der Waals surface area contributed by atoms with Gasteiger partial charge in [-0.1, -0.05) is 23.3 Å². The summed E-state index contributed by atoms with van der Waals surface area (Å²) >= 11 is 1.74. The van der Waals surface area contributed by atoms with E-state index in [2.05, 4.69) is 85.9 Å². The molecule has 28 heavy (non-hydrogen) atoms. The molecule has 0 spiro atoms. The zero-order chi connectivity index (χ0) is 18.1. The van der Waals surface area contributed by atoms with Gasteiger partial charge in [-0.15, -0.1) is 83.0 Å². The summed E-state index contributed by atoms with van der Waals surface area (Å²) in [6, 6.07) is 12.9. The molecule has 0 N–H and O–H groups in total. The van der Waals surface area contributed by atoms with Crippen LogP contribution in [0.15, 0.2) is 60.7 Å². The summed E-state index contributed by atoms with van der Waals surface area (Å²) in [6.45, 7) is 4.62. The van der Waals surface area contributed by atoms with Crippen LogP contribution in [0.25, 0.3) is 11.1 Å². The SMILES string of the molecule is C[Si](C)=[Zr+2].[C-]1=CC2=CCc3cccc1c32.[C-]1=CC2=CCc3cccc1c32.[Cl-].[Cl-]. The molecule has 0 atom stereocenters. The number of hydrogen-bond acceptors (Lipinski definition) is 0. The third-order valence-corrected chi connectivity index (χ3v) is 4.73. The van der Waals surface area contributed by atoms with Crippen molar-refractivity contribution in [1.82, 2.24) is 0 Å². The molecule has 4 aliphatic rings. The second-order valence-electron chi connectivity index (χ2n) is 6.98. The minimum atomic E-state index is 0. The number of allylic oxidation sites excluding steroid dienone is 6. The van der Waals surface area contributed by atoms with E-state index in [1.807, 2.05) is 0 Å². The molecule has 0 aromatic heterocycles. The van der Waals surface area contributed by atoms with Crippen molar-refractivity contribution in [1.29, 1.82) is 0 Å². The Labute approximate surface area is 195 Å². The first-order valence-electron chi connectivity index (χ1n) is 8.99. The van der Waals surface area contributed by atoms with Gasteiger partial charge in [0, 0.05) is 0 Å². The maximum Gasteiger partial charge on any atom is -0.0270 e. The molecule has 4 heteroatoms. The fraction of sp³-hybridized carbons (Fsp3) is 0.167. The van der Waals surface area contributed by atoms with Crippen LogP contribution in [0.1, 0.15) is 33.4 Å². The van der Waals surface area contributed by atoms with E-state index in [1.165, 1.54) is 44.5 Å². The first kappa shape index (κ1) is 23.4. The molecule has 0 bridgehead atoms. The van der Waals surface area contributed by atoms with Crippen LogP contribution >= 0.6 is 0 Å². The molecule has 0 nitrogen and oxygen atoms in total. The molecule has 0 aliphatic heterocycles. The molecular formula is C24H20Cl2SiZr-2. The van der Waals surface area contributed by atoms with Crippen molar-refractivity contribution < 1.29 is 48.1 Å². The summed E-state index contributed by atoms with van der Waals surface area (Å²) in [4.78, 5) is 0. The van der Waals surface area contributed by atoms with Gasteiger partial charge in [0.15, 0.2) is 0 Å². The fourth-order valence-electron chi connectivity index (χ4n) is 3.68. The quantitative estimate of drug-likeness (QED) is 0.339. The van der Waals surface area contributed by atoms with Crippen LogP contribution in [-0.4, -0.2) is 5.43 Å². The minimum Gasteiger partial charge on any atom is -1.00 e. The number of hydrogen-bond donors (Lipinski definition) is 0. The summed E-state index contributed by atoms with van der Waals surface area (Å²) in [5.41, 5.74) is 11.3. The Morgan fingerprint density at radius 1 is 0.750 bits per heavy atom. The molecule has 4 aliphatic carbocycles. The van der Waals surface area contributed by atoms with Crippen LogP contribution in [0.4, 0.5) is 0 Å². The van der Waals surface area contributed by atoms with Gasteiger partial charge >= 0.3 is 41.9 Å². The second-order valence-corrected chi connectivity index (χ2v) is 16.4. The van der Waals surface area contributed by atoms with Crippen molar-refractivity contribution in [2.24, 2.45) is 0 Å². The third kappa shape index (κ3) is 4.79. The molecule has 0 fully saturated rings. The van der Waals surface area contributed by atoms with E-state index < -0.39 is 0 Å². The fourth-order valence-corrected chi connectivity index (χ4v) is 3.68. The van der Waals surface area contributed by atoms with Crippen molar-refractivity contribution in [2.45, 2.75) is 25.9 Å². The maximum absolute atomic E-state index is 3.25. The summed E-state index contributed by atoms with van der Waals surface area (Å²) in [6.07, 6.45) is 17.4. The van der Waals surface area contributed by atoms with Crippen LogP contribution < -0.4 is 24.8 Å². The summed E-state index contributed by atoms with van der Waals surface area (Å²) in [5.74, 6) is 0. The average molecular weight is 499 g/mol. The monoisotopic (exact) mass is 496 g/mol. The molecule has 0 saturated carbocycles. The Hall–Kier alpha value is -0.920. The van der Waals surface area contributed by atoms with Gasteiger partial charge < -0.3 is 24.8 Å². The van der Waals surface area contributed by atoms with Gasteiger partial charge in [0.1, 0.15) is 0 Å². The Morgan fingerprint density at radius 3 is 1.54 bits per heavy atom. The molecule has 2 aromatic carbocycles. The first-order chi connectivity index (χ1) is 12.6. The molecule has 0 heterocycles. The van der Waals surface area contributed by atoms with Gasteiger partial charge in [-0.2, -0.15) is 11.1 Å². The molecule has 140 valence electrons. The van der Waals surface area contributed by atoms with E-state index >= 15 is 0 Å². The van der Waals surface area contributed by atoms with E-state index in [1.54, 1.807) is 23.3 Å². The van der Waals surface area contributed by atoms with Crippen LogP contribution in [0.2, 0.25) is 13.1 Å². The molecule has 2 aromatic rings. The normalized spacial score (nSPS) is 14.3. The van der Waals surface area contributed by atoms with Crippen molar-refractivity contribution in [2.75, 3.05) is 0 Å². The van der Waals surface area contributed by atoms with E-state index in [0.29, 0.717) is 0 Å². The standard InChI is InChI=1S/2C11H7.C2H6Si.2ClH.Zr/c2*1-2-8-4-6-10-7-5-9(3-1)11(8)10;1-3-2;;;/h2*1-3,6-7H,4H2;1-2H3;2*1H;/q2*-1;;;;+2/p-2. The summed E-state index contributed by atoms with van der Waals surface area (Å²) in [5, 5.41) is 0. The molecule has 0 radical (unpaired) electrons. The van der Waals surface area contributed by atoms with Gasteiger partial charge in [0.25, 0.3) is 0 Å². The number of rotatable bonds is 0. The third-order valence-electron chi connectivity index (χ3n) is 4.73. The van der Waals surface area contributed by atoms with Gasteiger partial charge in [-0.25, -0.2) is 0 Å². The zero-order valence-corrected chi connectivity index (χ0v) is 20.9. The molecule has 6 rings (SSSR count). The number of benzene rings is 2. The maximum atomic E-state index is 3.25. The minimum absolute atomic E-state index is 0. The van der Waals surface area contributed by atoms with Crippen molar-refractivity contribution >= 4 is 16.6 Å². The summed E-state index contributed by atoms with van der Waals surface area (Å²) in [7, 11) is 0. The van der Waals surface area contributed by atoms with Gasteiger partial charge in [-0.3, -0.25) is 0 Å². The van der Waals surface area contributed by atoms with Crippen LogP contribution in [-0.2, 0) is 36.2 Å². The van der Waals surface area contributed by atoms with Crippen molar-refractivity contribution in [3.8, 4) is 0 Å². The Bertz CT molecular complexity index is 947. The van der Waals surface area contributed by atoms with E-state index in [4.69, 9.17) is 0 Å². The van der Waals surface area contributed by atoms with Gasteiger partial charge in [0.05, 0.1) is 0 Å². The zero-order valence-electron chi connectivity index (χ0n) is 15.9. The van der Waals surface area contributed by atoms with Crippen molar-refractivity contribution in [3.63, 3.8) is 0 Å². The average Bonchev–Trinajstić information content (AvgIpc) is 3.38. The first-order valence-corrected chi connectivity index (χ1v) is 15.2.